The average molecular weight is 292 g/mol. The second kappa shape index (κ2) is 4.80. The molecule has 3 nitrogen and oxygen atoms in total. The number of aromatic nitrogens is 2. The molecule has 0 saturated heterocycles. The van der Waals surface area contributed by atoms with Gasteiger partial charge in [0.25, 0.3) is 0 Å². The maximum atomic E-state index is 13.0. The average Bonchev–Trinajstić information content (AvgIpc) is 2.83. The molecule has 0 saturated carbocycles. The molecular weight excluding hydrogens is 281 g/mol. The third kappa shape index (κ3) is 2.56. The van der Waals surface area contributed by atoms with Crippen LogP contribution >= 0.6 is 0 Å². The summed E-state index contributed by atoms with van der Waals surface area (Å²) in [5.74, 6) is -0.406. The number of phenols is 1. The summed E-state index contributed by atoms with van der Waals surface area (Å²) in [6.45, 7) is -0.0113. The second-order valence-corrected chi connectivity index (χ2v) is 4.70. The van der Waals surface area contributed by atoms with Crippen molar-refractivity contribution in [3.63, 3.8) is 0 Å². The minimum atomic E-state index is -4.52. The Morgan fingerprint density at radius 2 is 1.86 bits per heavy atom. The normalized spacial score (nSPS) is 12.0. The van der Waals surface area contributed by atoms with Crippen molar-refractivity contribution in [1.82, 2.24) is 9.78 Å². The summed E-state index contributed by atoms with van der Waals surface area (Å²) >= 11 is 0. The molecule has 0 amide bonds. The molecule has 0 aliphatic heterocycles. The van der Waals surface area contributed by atoms with E-state index in [-0.39, 0.29) is 12.1 Å². The Bertz CT molecular complexity index is 793. The van der Waals surface area contributed by atoms with Gasteiger partial charge in [0, 0.05) is 5.39 Å². The number of rotatable bonds is 2. The number of aromatic hydroxyl groups is 1. The first-order valence-electron chi connectivity index (χ1n) is 6.25. The van der Waals surface area contributed by atoms with Gasteiger partial charge in [-0.25, -0.2) is 0 Å². The molecule has 6 heteroatoms. The van der Waals surface area contributed by atoms with E-state index in [1.54, 1.807) is 12.3 Å². The Kier molecular flexibility index (Phi) is 3.08. The molecule has 1 heterocycles. The van der Waals surface area contributed by atoms with Crippen molar-refractivity contribution in [2.75, 3.05) is 0 Å². The number of para-hydroxylation sites is 1. The van der Waals surface area contributed by atoms with E-state index in [0.717, 1.165) is 17.0 Å². The quantitative estimate of drug-likeness (QED) is 0.780. The van der Waals surface area contributed by atoms with Crippen LogP contribution in [0.25, 0.3) is 10.9 Å². The first kappa shape index (κ1) is 13.5. The van der Waals surface area contributed by atoms with Crippen molar-refractivity contribution in [3.05, 3.63) is 59.8 Å². The Morgan fingerprint density at radius 3 is 2.62 bits per heavy atom. The van der Waals surface area contributed by atoms with Crippen LogP contribution in [0, 0.1) is 0 Å². The van der Waals surface area contributed by atoms with Gasteiger partial charge in [-0.2, -0.15) is 18.3 Å². The number of nitrogens with zero attached hydrogens (tertiary/aromatic N) is 2. The lowest BCUT2D eigenvalue weighted by Gasteiger charge is -2.13. The maximum Gasteiger partial charge on any atom is 0.416 e. The minimum Gasteiger partial charge on any atom is -0.508 e. The van der Waals surface area contributed by atoms with Crippen molar-refractivity contribution in [3.8, 4) is 5.75 Å². The number of alkyl halides is 3. The van der Waals surface area contributed by atoms with Gasteiger partial charge in [-0.15, -0.1) is 0 Å². The molecule has 0 aliphatic carbocycles. The lowest BCUT2D eigenvalue weighted by molar-refractivity contribution is -0.138. The standard InChI is InChI=1S/C15H11F3N2O/c16-15(17,18)13-7-12(21)6-5-11(13)9-20-14-4-2-1-3-10(14)8-19-20/h1-8,21H,9H2. The smallest absolute Gasteiger partial charge is 0.416 e. The summed E-state index contributed by atoms with van der Waals surface area (Å²) in [7, 11) is 0. The van der Waals surface area contributed by atoms with Gasteiger partial charge < -0.3 is 5.11 Å². The number of hydrogen-bond acceptors (Lipinski definition) is 2. The SMILES string of the molecule is Oc1ccc(Cn2ncc3ccccc32)c(C(F)(F)F)c1. The van der Waals surface area contributed by atoms with Gasteiger partial charge in [0.15, 0.2) is 0 Å². The highest BCUT2D eigenvalue weighted by Crippen LogP contribution is 2.34. The molecule has 3 rings (SSSR count). The van der Waals surface area contributed by atoms with Crippen molar-refractivity contribution >= 4 is 10.9 Å². The molecule has 0 spiro atoms. The molecule has 0 atom stereocenters. The lowest BCUT2D eigenvalue weighted by Crippen LogP contribution is -2.12. The molecule has 0 fully saturated rings. The molecule has 3 aromatic rings. The molecule has 0 unspecified atom stereocenters. The van der Waals surface area contributed by atoms with Crippen LogP contribution in [0.15, 0.2) is 48.7 Å². The van der Waals surface area contributed by atoms with E-state index < -0.39 is 17.5 Å². The van der Waals surface area contributed by atoms with Crippen LogP contribution in [0.4, 0.5) is 13.2 Å². The van der Waals surface area contributed by atoms with Gasteiger partial charge in [-0.05, 0) is 23.8 Å². The van der Waals surface area contributed by atoms with Gasteiger partial charge in [0.2, 0.25) is 0 Å². The largest absolute Gasteiger partial charge is 0.508 e. The fourth-order valence-corrected chi connectivity index (χ4v) is 2.28. The molecule has 2 aromatic carbocycles. The summed E-state index contributed by atoms with van der Waals surface area (Å²) in [5.41, 5.74) is -0.0186. The summed E-state index contributed by atoms with van der Waals surface area (Å²) in [6.07, 6.45) is -2.90. The maximum absolute atomic E-state index is 13.0. The Balaban J connectivity index is 2.06. The number of phenolic OH excluding ortho intramolecular Hbond substituents is 1. The molecule has 0 aliphatic rings. The molecular formula is C15H11F3N2O. The van der Waals surface area contributed by atoms with Gasteiger partial charge in [-0.1, -0.05) is 24.3 Å². The Hall–Kier alpha value is -2.50. The van der Waals surface area contributed by atoms with E-state index in [2.05, 4.69) is 5.10 Å². The van der Waals surface area contributed by atoms with E-state index in [1.807, 2.05) is 18.2 Å². The van der Waals surface area contributed by atoms with E-state index >= 15 is 0 Å². The lowest BCUT2D eigenvalue weighted by atomic mass is 10.1. The van der Waals surface area contributed by atoms with Gasteiger partial charge >= 0.3 is 6.18 Å². The highest BCUT2D eigenvalue weighted by Gasteiger charge is 2.33. The molecule has 1 aromatic heterocycles. The predicted molar refractivity (Wildman–Crippen MR) is 71.9 cm³/mol. The number of fused-ring (bicyclic) bond motifs is 1. The first-order valence-corrected chi connectivity index (χ1v) is 6.25. The van der Waals surface area contributed by atoms with Crippen molar-refractivity contribution in [1.29, 1.82) is 0 Å². The van der Waals surface area contributed by atoms with Crippen molar-refractivity contribution < 1.29 is 18.3 Å². The van der Waals surface area contributed by atoms with Crippen LogP contribution in [-0.2, 0) is 12.7 Å². The van der Waals surface area contributed by atoms with Crippen LogP contribution in [0.1, 0.15) is 11.1 Å². The summed E-state index contributed by atoms with van der Waals surface area (Å²) in [6, 6.07) is 10.6. The topological polar surface area (TPSA) is 38.0 Å². The van der Waals surface area contributed by atoms with E-state index in [4.69, 9.17) is 0 Å². The van der Waals surface area contributed by atoms with Crippen LogP contribution in [0.3, 0.4) is 0 Å². The van der Waals surface area contributed by atoms with Gasteiger partial charge in [0.05, 0.1) is 23.8 Å². The van der Waals surface area contributed by atoms with Gasteiger partial charge in [-0.3, -0.25) is 4.68 Å². The summed E-state index contributed by atoms with van der Waals surface area (Å²) in [4.78, 5) is 0. The van der Waals surface area contributed by atoms with E-state index in [0.29, 0.717) is 0 Å². The summed E-state index contributed by atoms with van der Waals surface area (Å²) in [5, 5.41) is 14.3. The second-order valence-electron chi connectivity index (χ2n) is 4.70. The Morgan fingerprint density at radius 1 is 1.10 bits per heavy atom. The fraction of sp³-hybridized carbons (Fsp3) is 0.133. The third-order valence-corrected chi connectivity index (χ3v) is 3.27. The van der Waals surface area contributed by atoms with Crippen molar-refractivity contribution in [2.45, 2.75) is 12.7 Å². The molecule has 21 heavy (non-hydrogen) atoms. The number of halogens is 3. The van der Waals surface area contributed by atoms with Crippen LogP contribution in [0.2, 0.25) is 0 Å². The highest BCUT2D eigenvalue weighted by atomic mass is 19.4. The molecule has 0 bridgehead atoms. The van der Waals surface area contributed by atoms with Crippen LogP contribution in [0.5, 0.6) is 5.75 Å². The predicted octanol–water partition coefficient (Wildman–Crippen LogP) is 3.81. The number of benzene rings is 2. The Labute approximate surface area is 118 Å². The number of hydrogen-bond donors (Lipinski definition) is 1. The third-order valence-electron chi connectivity index (χ3n) is 3.27. The molecule has 108 valence electrons. The van der Waals surface area contributed by atoms with Gasteiger partial charge in [0.1, 0.15) is 5.75 Å². The van der Waals surface area contributed by atoms with Crippen LogP contribution < -0.4 is 0 Å². The summed E-state index contributed by atoms with van der Waals surface area (Å²) < 4.78 is 40.6. The van der Waals surface area contributed by atoms with Crippen LogP contribution in [-0.4, -0.2) is 14.9 Å². The zero-order chi connectivity index (χ0) is 15.0. The molecule has 0 radical (unpaired) electrons. The van der Waals surface area contributed by atoms with E-state index in [1.165, 1.54) is 16.8 Å². The zero-order valence-corrected chi connectivity index (χ0v) is 10.8. The first-order chi connectivity index (χ1) is 9.95. The fourth-order valence-electron chi connectivity index (χ4n) is 2.28. The monoisotopic (exact) mass is 292 g/mol. The highest BCUT2D eigenvalue weighted by molar-refractivity contribution is 5.78. The minimum absolute atomic E-state index is 0.0113. The zero-order valence-electron chi connectivity index (χ0n) is 10.8. The molecule has 1 N–H and O–H groups in total. The van der Waals surface area contributed by atoms with Crippen molar-refractivity contribution in [2.24, 2.45) is 0 Å². The van der Waals surface area contributed by atoms with E-state index in [9.17, 15) is 18.3 Å².